The number of fused-ring (bicyclic) bond motifs is 1. The van der Waals surface area contributed by atoms with Gasteiger partial charge in [-0.05, 0) is 21.6 Å². The molecule has 3 heterocycles. The average Bonchev–Trinajstić information content (AvgIpc) is 3.32. The Morgan fingerprint density at radius 1 is 1.28 bits per heavy atom. The molecule has 1 saturated heterocycles. The number of carboxylic acid groups (broad SMARTS) is 1. The number of primary amides is 1. The van der Waals surface area contributed by atoms with Crippen molar-refractivity contribution in [3.8, 4) is 0 Å². The number of amides is 4. The Hall–Kier alpha value is -3.63. The Morgan fingerprint density at radius 3 is 2.72 bits per heavy atom. The summed E-state index contributed by atoms with van der Waals surface area (Å²) in [5.74, 6) is -2.05. The molecule has 2 aliphatic rings. The minimum atomic E-state index is -1.45. The highest BCUT2D eigenvalue weighted by Gasteiger charge is 2.54. The van der Waals surface area contributed by atoms with Crippen LogP contribution in [0.3, 0.4) is 0 Å². The molecule has 1 aromatic carbocycles. The molecule has 2 aliphatic heterocycles. The number of nitrogens with one attached hydrogen (secondary N) is 2. The lowest BCUT2D eigenvalue weighted by Gasteiger charge is -2.49. The molecule has 0 aliphatic carbocycles. The van der Waals surface area contributed by atoms with E-state index in [-0.39, 0.29) is 24.5 Å². The number of benzene rings is 1. The van der Waals surface area contributed by atoms with Crippen LogP contribution in [-0.2, 0) is 20.9 Å². The van der Waals surface area contributed by atoms with Gasteiger partial charge in [0.05, 0.1) is 6.54 Å². The zero-order valence-corrected chi connectivity index (χ0v) is 20.2. The van der Waals surface area contributed by atoms with E-state index >= 15 is 0 Å². The smallest absolute Gasteiger partial charge is 0.352 e. The first-order valence-corrected chi connectivity index (χ1v) is 12.7. The Kier molecular flexibility index (Phi) is 7.76. The Bertz CT molecular complexity index is 1210. The van der Waals surface area contributed by atoms with Crippen molar-refractivity contribution in [2.24, 2.45) is 5.73 Å². The van der Waals surface area contributed by atoms with E-state index < -0.39 is 41.3 Å². The molecule has 4 amide bonds. The number of aliphatic hydroxyl groups is 1. The van der Waals surface area contributed by atoms with Crippen molar-refractivity contribution in [1.82, 2.24) is 35.7 Å². The predicted molar refractivity (Wildman–Crippen MR) is 127 cm³/mol. The standard InChI is InChI=1S/C20H22N8O6S2/c21-19(34)22-6-7-27-20(24-25-26-27)36-9-11-8-35-17-12(16(31)28(17)13(11)18(32)33)23-15(30)14(29)10-4-2-1-3-5-10/h1-5,12,14,17,29H,6-9H2,(H,23,30)(H,32,33)(H3,21,22,34)/t12?,14-,17-/m1/s1. The number of carbonyl (C=O) groups is 4. The molecule has 6 N–H and O–H groups in total. The van der Waals surface area contributed by atoms with Gasteiger partial charge >= 0.3 is 12.0 Å². The number of thioether (sulfide) groups is 2. The maximum Gasteiger partial charge on any atom is 0.352 e. The van der Waals surface area contributed by atoms with Crippen LogP contribution in [0.15, 0.2) is 46.8 Å². The third-order valence-corrected chi connectivity index (χ3v) is 7.79. The Labute approximate surface area is 212 Å². The molecule has 1 unspecified atom stereocenters. The molecule has 1 aromatic heterocycles. The largest absolute Gasteiger partial charge is 0.477 e. The predicted octanol–water partition coefficient (Wildman–Crippen LogP) is -1.09. The van der Waals surface area contributed by atoms with Gasteiger partial charge in [-0.25, -0.2) is 14.3 Å². The molecule has 0 saturated carbocycles. The highest BCUT2D eigenvalue weighted by molar-refractivity contribution is 8.01. The first kappa shape index (κ1) is 25.5. The van der Waals surface area contributed by atoms with Crippen LogP contribution in [0.4, 0.5) is 4.79 Å². The molecule has 16 heteroatoms. The minimum Gasteiger partial charge on any atom is -0.477 e. The number of rotatable bonds is 10. The highest BCUT2D eigenvalue weighted by Crippen LogP contribution is 2.41. The van der Waals surface area contributed by atoms with Crippen LogP contribution >= 0.6 is 23.5 Å². The monoisotopic (exact) mass is 534 g/mol. The van der Waals surface area contributed by atoms with E-state index in [1.807, 2.05) is 0 Å². The quantitative estimate of drug-likeness (QED) is 0.183. The number of β-lactam (4-membered cyclic amide) rings is 1. The third-order valence-electron chi connectivity index (χ3n) is 5.41. The molecule has 190 valence electrons. The molecular weight excluding hydrogens is 512 g/mol. The lowest BCUT2D eigenvalue weighted by atomic mass is 10.0. The zero-order chi connectivity index (χ0) is 25.8. The van der Waals surface area contributed by atoms with Gasteiger partial charge in [0.2, 0.25) is 5.16 Å². The number of aliphatic carboxylic acids is 1. The summed E-state index contributed by atoms with van der Waals surface area (Å²) >= 11 is 2.51. The van der Waals surface area contributed by atoms with Crippen LogP contribution in [0.2, 0.25) is 0 Å². The van der Waals surface area contributed by atoms with Gasteiger partial charge in [0.25, 0.3) is 11.8 Å². The zero-order valence-electron chi connectivity index (χ0n) is 18.6. The molecule has 36 heavy (non-hydrogen) atoms. The number of hydrogen-bond donors (Lipinski definition) is 5. The van der Waals surface area contributed by atoms with E-state index in [1.54, 1.807) is 30.3 Å². The van der Waals surface area contributed by atoms with Crippen molar-refractivity contribution in [3.05, 3.63) is 47.2 Å². The SMILES string of the molecule is NC(=O)NCCn1nnnc1SCC1=C(C(=O)O)N2C(=O)C(NC(=O)[C@H](O)c3ccccc3)[C@H]2SC1. The van der Waals surface area contributed by atoms with E-state index in [0.717, 1.165) is 4.90 Å². The number of carbonyl (C=O) groups excluding carboxylic acids is 3. The fourth-order valence-electron chi connectivity index (χ4n) is 3.69. The Morgan fingerprint density at radius 2 is 2.03 bits per heavy atom. The van der Waals surface area contributed by atoms with Crippen molar-refractivity contribution in [2.45, 2.75) is 29.2 Å². The summed E-state index contributed by atoms with van der Waals surface area (Å²) < 4.78 is 1.44. The second kappa shape index (κ2) is 11.0. The number of aromatic nitrogens is 4. The van der Waals surface area contributed by atoms with Crippen LogP contribution in [-0.4, -0.2) is 88.6 Å². The van der Waals surface area contributed by atoms with E-state index in [2.05, 4.69) is 26.2 Å². The van der Waals surface area contributed by atoms with Crippen LogP contribution in [0.5, 0.6) is 0 Å². The van der Waals surface area contributed by atoms with E-state index in [0.29, 0.717) is 22.0 Å². The normalized spacial score (nSPS) is 19.8. The van der Waals surface area contributed by atoms with Crippen molar-refractivity contribution in [3.63, 3.8) is 0 Å². The van der Waals surface area contributed by atoms with Crippen LogP contribution in [0, 0.1) is 0 Å². The number of nitrogens with zero attached hydrogens (tertiary/aromatic N) is 5. The van der Waals surface area contributed by atoms with Gasteiger partial charge in [-0.2, -0.15) is 0 Å². The van der Waals surface area contributed by atoms with E-state index in [4.69, 9.17) is 5.73 Å². The number of nitrogens with two attached hydrogens (primary N) is 1. The summed E-state index contributed by atoms with van der Waals surface area (Å²) in [5.41, 5.74) is 5.78. The molecule has 1 fully saturated rings. The lowest BCUT2D eigenvalue weighted by molar-refractivity contribution is -0.151. The molecule has 4 rings (SSSR count). The van der Waals surface area contributed by atoms with Gasteiger partial charge in [-0.15, -0.1) is 16.9 Å². The first-order chi connectivity index (χ1) is 17.3. The summed E-state index contributed by atoms with van der Waals surface area (Å²) in [5, 5.41) is 36.2. The summed E-state index contributed by atoms with van der Waals surface area (Å²) in [6, 6.07) is 6.66. The number of urea groups is 1. The van der Waals surface area contributed by atoms with Crippen molar-refractivity contribution < 1.29 is 29.4 Å². The van der Waals surface area contributed by atoms with Crippen LogP contribution < -0.4 is 16.4 Å². The van der Waals surface area contributed by atoms with Gasteiger partial charge in [0.15, 0.2) is 6.10 Å². The number of hydrogen-bond acceptors (Lipinski definition) is 10. The van der Waals surface area contributed by atoms with Crippen molar-refractivity contribution in [1.29, 1.82) is 0 Å². The molecule has 14 nitrogen and oxygen atoms in total. The fraction of sp³-hybridized carbons (Fsp3) is 0.350. The topological polar surface area (TPSA) is 206 Å². The molecule has 3 atom stereocenters. The summed E-state index contributed by atoms with van der Waals surface area (Å²) in [4.78, 5) is 49.4. The van der Waals surface area contributed by atoms with E-state index in [1.165, 1.54) is 28.2 Å². The summed E-state index contributed by atoms with van der Waals surface area (Å²) in [6.45, 7) is 0.476. The maximum atomic E-state index is 12.8. The number of tetrazole rings is 1. The highest BCUT2D eigenvalue weighted by atomic mass is 32.2. The van der Waals surface area contributed by atoms with Gasteiger partial charge in [-0.3, -0.25) is 14.5 Å². The molecule has 0 radical (unpaired) electrons. The molecular formula is C20H22N8O6S2. The second-order valence-electron chi connectivity index (χ2n) is 7.73. The maximum absolute atomic E-state index is 12.8. The van der Waals surface area contributed by atoms with Gasteiger partial charge < -0.3 is 26.6 Å². The lowest BCUT2D eigenvalue weighted by Crippen LogP contribution is -2.70. The summed E-state index contributed by atoms with van der Waals surface area (Å²) in [7, 11) is 0. The van der Waals surface area contributed by atoms with Crippen molar-refractivity contribution in [2.75, 3.05) is 18.1 Å². The first-order valence-electron chi connectivity index (χ1n) is 10.6. The van der Waals surface area contributed by atoms with Crippen LogP contribution in [0.1, 0.15) is 11.7 Å². The molecule has 2 aromatic rings. The third kappa shape index (κ3) is 5.29. The average molecular weight is 535 g/mol. The van der Waals surface area contributed by atoms with Crippen LogP contribution in [0.25, 0.3) is 0 Å². The van der Waals surface area contributed by atoms with Gasteiger partial charge in [-0.1, -0.05) is 42.1 Å². The summed E-state index contributed by atoms with van der Waals surface area (Å²) in [6.07, 6.45) is -1.45. The second-order valence-corrected chi connectivity index (χ2v) is 9.78. The van der Waals surface area contributed by atoms with Crippen molar-refractivity contribution >= 4 is 47.3 Å². The number of carboxylic acids is 1. The van der Waals surface area contributed by atoms with Gasteiger partial charge in [0, 0.05) is 18.1 Å². The molecule has 0 bridgehead atoms. The van der Waals surface area contributed by atoms with Gasteiger partial charge in [0.1, 0.15) is 17.1 Å². The molecule has 0 spiro atoms. The minimum absolute atomic E-state index is 0.139. The van der Waals surface area contributed by atoms with E-state index in [9.17, 15) is 29.4 Å². The number of aliphatic hydroxyl groups excluding tert-OH is 1. The fourth-order valence-corrected chi connectivity index (χ4v) is 6.08. The Balaban J connectivity index is 1.41.